The highest BCUT2D eigenvalue weighted by molar-refractivity contribution is 5.47. The molecule has 6 fully saturated rings. The van der Waals surface area contributed by atoms with Gasteiger partial charge in [0, 0.05) is 42.6 Å². The van der Waals surface area contributed by atoms with Gasteiger partial charge in [-0.05, 0) is 195 Å². The minimum absolute atomic E-state index is 0.0283. The molecule has 4 heteroatoms. The molecule has 3 heterocycles. The van der Waals surface area contributed by atoms with Gasteiger partial charge < -0.3 is 19.4 Å². The van der Waals surface area contributed by atoms with Gasteiger partial charge in [0.2, 0.25) is 0 Å². The van der Waals surface area contributed by atoms with E-state index in [-0.39, 0.29) is 11.5 Å². The summed E-state index contributed by atoms with van der Waals surface area (Å²) in [6.45, 7) is 1.26. The number of likely N-dealkylation sites (tertiary alicyclic amines) is 3. The number of ether oxygens (including phenoxy) is 1. The number of aryl methyl sites for hydroxylation is 2. The maximum absolute atomic E-state index is 7.94. The molecule has 3 aromatic rings. The molecule has 3 saturated heterocycles. The van der Waals surface area contributed by atoms with Gasteiger partial charge in [0.05, 0.1) is 7.11 Å². The van der Waals surface area contributed by atoms with Gasteiger partial charge in [-0.15, -0.1) is 0 Å². The van der Waals surface area contributed by atoms with E-state index in [0.717, 1.165) is 73.8 Å². The summed E-state index contributed by atoms with van der Waals surface area (Å²) in [4.78, 5) is 7.01. The lowest BCUT2D eigenvalue weighted by atomic mass is 9.52. The molecule has 0 spiro atoms. The topological polar surface area (TPSA) is 19.0 Å². The highest BCUT2D eigenvalue weighted by Crippen LogP contribution is 2.58. The molecule has 0 aromatic heterocycles. The van der Waals surface area contributed by atoms with E-state index in [0.29, 0.717) is 28.9 Å². The number of hydrogen-bond donors (Lipinski definition) is 0. The Bertz CT molecular complexity index is 2210. The van der Waals surface area contributed by atoms with Crippen molar-refractivity contribution >= 4 is 0 Å². The quantitative estimate of drug-likeness (QED) is 0.245. The van der Waals surface area contributed by atoms with Crippen molar-refractivity contribution in [1.29, 1.82) is 0 Å². The Labute approximate surface area is 360 Å². The van der Waals surface area contributed by atoms with Gasteiger partial charge in [-0.3, -0.25) is 0 Å². The van der Waals surface area contributed by atoms with Crippen molar-refractivity contribution in [1.82, 2.24) is 14.7 Å². The highest BCUT2D eigenvalue weighted by Gasteiger charge is 2.55. The van der Waals surface area contributed by atoms with Crippen LogP contribution in [0.4, 0.5) is 0 Å². The lowest BCUT2D eigenvalue weighted by Crippen LogP contribution is -2.59. The SMILES string of the molecule is COc1ccc2c(c1)[C@]13CCCC[C@@H]1[C@H](C2)N(C)CC3.Cc1ccc2c(c1)[C@]13CCCC[C@@H]1[C@H](C2)N(C)CC3.[2H]C([2H])([2H])c1ccc2c(c1)[C@]13CCCC[C@@H]1[C@H](C2)N(C([2H])([2H])[2H])CC3. The molecule has 4 nitrogen and oxygen atoms in total. The Hall–Kier alpha value is -2.66. The summed E-state index contributed by atoms with van der Waals surface area (Å²) in [6.07, 6.45) is 22.7. The average molecular weight is 788 g/mol. The minimum atomic E-state index is -2.09. The third-order valence-electron chi connectivity index (χ3n) is 18.4. The molecule has 0 N–H and O–H groups in total. The number of rotatable bonds is 1. The Morgan fingerprint density at radius 2 is 0.966 bits per heavy atom. The van der Waals surface area contributed by atoms with Crippen LogP contribution >= 0.6 is 0 Å². The van der Waals surface area contributed by atoms with Gasteiger partial charge in [-0.25, -0.2) is 0 Å². The summed E-state index contributed by atoms with van der Waals surface area (Å²) in [5.74, 6) is 3.17. The molecule has 0 amide bonds. The van der Waals surface area contributed by atoms with Crippen LogP contribution in [-0.2, 0) is 35.5 Å². The number of nitrogens with zero attached hydrogens (tertiary/aromatic N) is 3. The van der Waals surface area contributed by atoms with Crippen LogP contribution < -0.4 is 4.74 Å². The lowest BCUT2D eigenvalue weighted by molar-refractivity contribution is 0.00273. The van der Waals surface area contributed by atoms with Gasteiger partial charge in [0.25, 0.3) is 0 Å². The molecular formula is C54H75N3O. The first kappa shape index (κ1) is 33.0. The molecule has 6 aliphatic carbocycles. The van der Waals surface area contributed by atoms with Gasteiger partial charge in [-0.2, -0.15) is 0 Å². The Morgan fingerprint density at radius 3 is 1.45 bits per heavy atom. The van der Waals surface area contributed by atoms with Crippen LogP contribution in [0.3, 0.4) is 0 Å². The standard InChI is InChI=1S/C18H25NO.2C18H25N/c1-19-10-9-18-8-4-3-5-15(18)17(19)11-13-6-7-14(20-2)12-16(13)18;2*1-13-6-7-14-12-17-15-5-3-4-8-18(15,16(14)11-13)9-10-19(17)2/h6-7,12,15,17H,3-5,8-11H2,1-2H3;2*6-7,11,15,17H,3-5,8-10,12H2,1-2H3/t3*15-,17+,18+/m111/s1/i;1D3,2D3;. The van der Waals surface area contributed by atoms with Gasteiger partial charge in [-0.1, -0.05) is 92.1 Å². The fourth-order valence-corrected chi connectivity index (χ4v) is 15.6. The molecule has 3 saturated carbocycles. The van der Waals surface area contributed by atoms with E-state index in [1.807, 2.05) is 12.1 Å². The summed E-state index contributed by atoms with van der Waals surface area (Å²) in [7, 11) is 6.47. The van der Waals surface area contributed by atoms with E-state index in [1.54, 1.807) is 40.3 Å². The van der Waals surface area contributed by atoms with E-state index in [2.05, 4.69) is 67.2 Å². The second kappa shape index (κ2) is 15.4. The zero-order chi connectivity index (χ0) is 44.8. The van der Waals surface area contributed by atoms with Crippen LogP contribution in [0.15, 0.2) is 54.6 Å². The molecule has 9 atom stereocenters. The minimum Gasteiger partial charge on any atom is -0.497 e. The van der Waals surface area contributed by atoms with Crippen LogP contribution in [0.25, 0.3) is 0 Å². The van der Waals surface area contributed by atoms with E-state index < -0.39 is 13.8 Å². The highest BCUT2D eigenvalue weighted by atomic mass is 16.5. The van der Waals surface area contributed by atoms with Crippen LogP contribution in [0.2, 0.25) is 0 Å². The van der Waals surface area contributed by atoms with Crippen LogP contribution in [0.1, 0.15) is 149 Å². The third-order valence-corrected chi connectivity index (χ3v) is 18.4. The Balaban J connectivity index is 0.000000115. The summed E-state index contributed by atoms with van der Waals surface area (Å²) >= 11 is 0. The first-order valence-corrected chi connectivity index (χ1v) is 23.7. The second-order valence-corrected chi connectivity index (χ2v) is 20.8. The molecule has 9 aliphatic rings. The van der Waals surface area contributed by atoms with E-state index >= 15 is 0 Å². The molecule has 3 aliphatic heterocycles. The molecule has 0 unspecified atom stereocenters. The summed E-state index contributed by atoms with van der Waals surface area (Å²) in [5.41, 5.74) is 11.8. The van der Waals surface area contributed by atoms with Crippen molar-refractivity contribution in [3.05, 3.63) is 99.1 Å². The normalized spacial score (nSPS) is 39.0. The second-order valence-electron chi connectivity index (χ2n) is 20.8. The molecule has 0 radical (unpaired) electrons. The first-order valence-electron chi connectivity index (χ1n) is 26.7. The van der Waals surface area contributed by atoms with Crippen molar-refractivity contribution in [2.45, 2.75) is 164 Å². The number of benzene rings is 3. The van der Waals surface area contributed by atoms with E-state index in [4.69, 9.17) is 13.0 Å². The van der Waals surface area contributed by atoms with Gasteiger partial charge in [0.1, 0.15) is 5.75 Å². The number of fused-ring (bicyclic) bond motifs is 3. The van der Waals surface area contributed by atoms with Crippen molar-refractivity contribution in [3.8, 4) is 5.75 Å². The van der Waals surface area contributed by atoms with E-state index in [1.165, 1.54) is 101 Å². The van der Waals surface area contributed by atoms with Crippen molar-refractivity contribution in [2.24, 2.45) is 17.8 Å². The fourth-order valence-electron chi connectivity index (χ4n) is 15.6. The molecular weight excluding hydrogens is 707 g/mol. The molecule has 3 aromatic carbocycles. The number of likely N-dealkylation sites (N-methyl/N-ethyl adjacent to an activating group) is 3. The average Bonchev–Trinajstić information content (AvgIpc) is 3.28. The van der Waals surface area contributed by atoms with Crippen LogP contribution in [0.5, 0.6) is 5.75 Å². The maximum atomic E-state index is 7.94. The number of methoxy groups -OCH3 is 1. The Morgan fingerprint density at radius 1 is 0.534 bits per heavy atom. The number of piperidine rings is 3. The van der Waals surface area contributed by atoms with Crippen LogP contribution in [0, 0.1) is 31.5 Å². The molecule has 58 heavy (non-hydrogen) atoms. The molecule has 12 rings (SSSR count). The fraction of sp³-hybridized carbons (Fsp3) is 0.667. The first-order chi connectivity index (χ1) is 30.6. The largest absolute Gasteiger partial charge is 0.497 e. The van der Waals surface area contributed by atoms with E-state index in [9.17, 15) is 0 Å². The summed E-state index contributed by atoms with van der Waals surface area (Å²) in [5, 5.41) is 0. The molecule has 312 valence electrons. The van der Waals surface area contributed by atoms with Crippen molar-refractivity contribution in [2.75, 3.05) is 47.8 Å². The Kier molecular flexibility index (Phi) is 8.74. The zero-order valence-corrected chi connectivity index (χ0v) is 36.3. The zero-order valence-electron chi connectivity index (χ0n) is 42.3. The predicted molar refractivity (Wildman–Crippen MR) is 240 cm³/mol. The van der Waals surface area contributed by atoms with Crippen LogP contribution in [-0.4, -0.2) is 80.6 Å². The van der Waals surface area contributed by atoms with Crippen molar-refractivity contribution < 1.29 is 13.0 Å². The van der Waals surface area contributed by atoms with Crippen molar-refractivity contribution in [3.63, 3.8) is 0 Å². The summed E-state index contributed by atoms with van der Waals surface area (Å²) in [6, 6.07) is 21.3. The van der Waals surface area contributed by atoms with Gasteiger partial charge >= 0.3 is 0 Å². The maximum Gasteiger partial charge on any atom is 0.119 e. The number of hydrogen-bond acceptors (Lipinski definition) is 4. The monoisotopic (exact) mass is 788 g/mol. The predicted octanol–water partition coefficient (Wildman–Crippen LogP) is 10.7. The molecule has 6 bridgehead atoms. The summed E-state index contributed by atoms with van der Waals surface area (Å²) < 4.78 is 52.6. The van der Waals surface area contributed by atoms with Gasteiger partial charge in [0.15, 0.2) is 0 Å². The lowest BCUT2D eigenvalue weighted by Gasteiger charge is -2.58. The third kappa shape index (κ3) is 6.30. The smallest absolute Gasteiger partial charge is 0.119 e.